The molecule has 0 unspecified atom stereocenters. The molecule has 0 aliphatic carbocycles. The molecule has 0 saturated heterocycles. The van der Waals surface area contributed by atoms with Crippen LogP contribution >= 0.6 is 34.8 Å². The number of nitrogens with one attached hydrogen (secondary N) is 1. The molecule has 2 aromatic carbocycles. The Kier molecular flexibility index (Phi) is 4.87. The summed E-state index contributed by atoms with van der Waals surface area (Å²) >= 11 is 17.5. The number of carbonyl (C=O) groups excluding carboxylic acids is 1. The second-order valence-corrected chi connectivity index (χ2v) is 7.06. The molecule has 0 fully saturated rings. The zero-order valence-corrected chi connectivity index (χ0v) is 13.7. The van der Waals surface area contributed by atoms with Crippen LogP contribution in [0.2, 0.25) is 15.1 Å². The highest BCUT2D eigenvalue weighted by Gasteiger charge is 2.20. The maximum Gasteiger partial charge on any atom is 0.263 e. The molecule has 0 spiro atoms. The molecule has 0 bridgehead atoms. The van der Waals surface area contributed by atoms with E-state index in [0.29, 0.717) is 0 Å². The van der Waals surface area contributed by atoms with Crippen molar-refractivity contribution in [2.75, 3.05) is 4.72 Å². The number of carboxylic acid groups (broad SMARTS) is 1. The third-order valence-corrected chi connectivity index (χ3v) is 5.04. The van der Waals surface area contributed by atoms with Crippen LogP contribution in [-0.4, -0.2) is 14.4 Å². The summed E-state index contributed by atoms with van der Waals surface area (Å²) in [6.45, 7) is 0. The number of rotatable bonds is 4. The lowest BCUT2D eigenvalue weighted by Gasteiger charge is -2.12. The van der Waals surface area contributed by atoms with E-state index >= 15 is 0 Å². The van der Waals surface area contributed by atoms with Crippen LogP contribution in [-0.2, 0) is 10.0 Å². The van der Waals surface area contributed by atoms with Gasteiger partial charge in [0.25, 0.3) is 10.0 Å². The van der Waals surface area contributed by atoms with Gasteiger partial charge in [-0.2, -0.15) is 0 Å². The maximum atomic E-state index is 12.4. The summed E-state index contributed by atoms with van der Waals surface area (Å²) in [5.74, 6) is -1.52. The molecule has 0 aliphatic heterocycles. The van der Waals surface area contributed by atoms with Crippen LogP contribution in [0, 0.1) is 0 Å². The van der Waals surface area contributed by atoms with Crippen molar-refractivity contribution in [3.8, 4) is 0 Å². The van der Waals surface area contributed by atoms with Gasteiger partial charge in [-0.3, -0.25) is 4.72 Å². The highest BCUT2D eigenvalue weighted by atomic mass is 35.5. The fourth-order valence-electron chi connectivity index (χ4n) is 1.61. The van der Waals surface area contributed by atoms with Crippen LogP contribution in [0.15, 0.2) is 41.3 Å². The average Bonchev–Trinajstić information content (AvgIpc) is 2.42. The molecular weight excluding hydrogens is 373 g/mol. The lowest BCUT2D eigenvalue weighted by molar-refractivity contribution is -0.255. The number of hydrogen-bond donors (Lipinski definition) is 1. The smallest absolute Gasteiger partial charge is 0.263 e. The van der Waals surface area contributed by atoms with E-state index in [0.717, 1.165) is 18.2 Å². The second-order valence-electron chi connectivity index (χ2n) is 4.16. The number of aromatic carboxylic acids is 1. The van der Waals surface area contributed by atoms with Gasteiger partial charge in [-0.25, -0.2) is 8.42 Å². The number of hydrogen-bond acceptors (Lipinski definition) is 4. The van der Waals surface area contributed by atoms with Crippen LogP contribution in [0.5, 0.6) is 0 Å². The topological polar surface area (TPSA) is 86.3 Å². The molecule has 2 rings (SSSR count). The first-order valence-electron chi connectivity index (χ1n) is 5.69. The summed E-state index contributed by atoms with van der Waals surface area (Å²) < 4.78 is 26.9. The zero-order valence-electron chi connectivity index (χ0n) is 10.6. The molecular formula is C13H7Cl3NO4S-. The summed E-state index contributed by atoms with van der Waals surface area (Å²) in [7, 11) is -4.16. The second kappa shape index (κ2) is 6.34. The van der Waals surface area contributed by atoms with Gasteiger partial charge < -0.3 is 9.90 Å². The van der Waals surface area contributed by atoms with Crippen LogP contribution in [0.3, 0.4) is 0 Å². The standard InChI is InChI=1S/C13H8Cl3NO4S/c14-8-2-4-9(15)11(6-8)17-22(20,21)12-5-7(13(18)19)1-3-10(12)16/h1-6,17H,(H,18,19)/p-1. The number of carbonyl (C=O) groups is 1. The van der Waals surface area contributed by atoms with E-state index in [1.54, 1.807) is 0 Å². The van der Waals surface area contributed by atoms with Crippen molar-refractivity contribution in [3.63, 3.8) is 0 Å². The predicted molar refractivity (Wildman–Crippen MR) is 83.1 cm³/mol. The van der Waals surface area contributed by atoms with Crippen molar-refractivity contribution in [2.24, 2.45) is 0 Å². The highest BCUT2D eigenvalue weighted by molar-refractivity contribution is 7.92. The molecule has 116 valence electrons. The molecule has 22 heavy (non-hydrogen) atoms. The first-order chi connectivity index (χ1) is 10.2. The van der Waals surface area contributed by atoms with E-state index in [1.165, 1.54) is 18.2 Å². The van der Waals surface area contributed by atoms with Crippen molar-refractivity contribution < 1.29 is 18.3 Å². The summed E-state index contributed by atoms with van der Waals surface area (Å²) in [4.78, 5) is 10.4. The van der Waals surface area contributed by atoms with Gasteiger partial charge in [0, 0.05) is 5.02 Å². The Morgan fingerprint density at radius 2 is 1.64 bits per heavy atom. The first kappa shape index (κ1) is 16.9. The molecule has 0 aromatic heterocycles. The van der Waals surface area contributed by atoms with E-state index in [2.05, 4.69) is 4.72 Å². The third-order valence-electron chi connectivity index (χ3n) is 2.63. The average molecular weight is 380 g/mol. The molecule has 0 atom stereocenters. The fourth-order valence-corrected chi connectivity index (χ4v) is 3.60. The first-order valence-corrected chi connectivity index (χ1v) is 8.31. The van der Waals surface area contributed by atoms with Gasteiger partial charge in [0.05, 0.1) is 21.7 Å². The Morgan fingerprint density at radius 1 is 1.00 bits per heavy atom. The van der Waals surface area contributed by atoms with E-state index in [9.17, 15) is 18.3 Å². The minimum Gasteiger partial charge on any atom is -0.545 e. The van der Waals surface area contributed by atoms with Gasteiger partial charge in [-0.05, 0) is 35.9 Å². The maximum absolute atomic E-state index is 12.4. The van der Waals surface area contributed by atoms with E-state index in [-0.39, 0.29) is 26.3 Å². The number of halogens is 3. The van der Waals surface area contributed by atoms with Gasteiger partial charge >= 0.3 is 0 Å². The minimum atomic E-state index is -4.16. The van der Waals surface area contributed by atoms with Gasteiger partial charge in [0.1, 0.15) is 4.90 Å². The molecule has 0 radical (unpaired) electrons. The highest BCUT2D eigenvalue weighted by Crippen LogP contribution is 2.30. The van der Waals surface area contributed by atoms with E-state index in [1.807, 2.05) is 0 Å². The SMILES string of the molecule is O=C([O-])c1ccc(Cl)c(S(=O)(=O)Nc2cc(Cl)ccc2Cl)c1. The number of anilines is 1. The van der Waals surface area contributed by atoms with Crippen LogP contribution in [0.4, 0.5) is 5.69 Å². The van der Waals surface area contributed by atoms with Crippen LogP contribution in [0.1, 0.15) is 10.4 Å². The molecule has 1 N–H and O–H groups in total. The number of sulfonamides is 1. The van der Waals surface area contributed by atoms with Gasteiger partial charge in [0.15, 0.2) is 0 Å². The van der Waals surface area contributed by atoms with Crippen molar-refractivity contribution >= 4 is 56.5 Å². The Balaban J connectivity index is 2.49. The fraction of sp³-hybridized carbons (Fsp3) is 0. The summed E-state index contributed by atoms with van der Waals surface area (Å²) in [5.41, 5.74) is -0.272. The minimum absolute atomic E-state index is 0.0455. The summed E-state index contributed by atoms with van der Waals surface area (Å²) in [6.07, 6.45) is 0. The van der Waals surface area contributed by atoms with Gasteiger partial charge in [-0.1, -0.05) is 40.9 Å². The predicted octanol–water partition coefficient (Wildman–Crippen LogP) is 2.81. The molecule has 0 amide bonds. The van der Waals surface area contributed by atoms with Crippen molar-refractivity contribution in [1.82, 2.24) is 0 Å². The summed E-state index contributed by atoms with van der Waals surface area (Å²) in [5, 5.41) is 11.1. The Hall–Kier alpha value is -1.47. The normalized spacial score (nSPS) is 11.2. The Morgan fingerprint density at radius 3 is 2.27 bits per heavy atom. The molecule has 2 aromatic rings. The van der Waals surface area contributed by atoms with Gasteiger partial charge in [-0.15, -0.1) is 0 Å². The Bertz CT molecular complexity index is 852. The monoisotopic (exact) mass is 378 g/mol. The zero-order chi connectivity index (χ0) is 16.5. The van der Waals surface area contributed by atoms with Gasteiger partial charge in [0.2, 0.25) is 0 Å². The lowest BCUT2D eigenvalue weighted by atomic mass is 10.2. The van der Waals surface area contributed by atoms with Crippen LogP contribution in [0.25, 0.3) is 0 Å². The van der Waals surface area contributed by atoms with Crippen molar-refractivity contribution in [3.05, 3.63) is 57.0 Å². The quantitative estimate of drug-likeness (QED) is 0.885. The molecule has 0 saturated carbocycles. The Labute approximate surface area is 141 Å². The molecule has 5 nitrogen and oxygen atoms in total. The molecule has 9 heteroatoms. The third kappa shape index (κ3) is 3.64. The molecule has 0 aliphatic rings. The van der Waals surface area contributed by atoms with E-state index < -0.39 is 20.9 Å². The molecule has 0 heterocycles. The van der Waals surface area contributed by atoms with Crippen molar-refractivity contribution in [1.29, 1.82) is 0 Å². The lowest BCUT2D eigenvalue weighted by Crippen LogP contribution is -2.23. The van der Waals surface area contributed by atoms with Crippen LogP contribution < -0.4 is 9.83 Å². The van der Waals surface area contributed by atoms with E-state index in [4.69, 9.17) is 34.8 Å². The number of carboxylic acids is 1. The largest absolute Gasteiger partial charge is 0.545 e. The number of benzene rings is 2. The summed E-state index contributed by atoms with van der Waals surface area (Å²) in [6, 6.07) is 7.42. The van der Waals surface area contributed by atoms with Crippen molar-refractivity contribution in [2.45, 2.75) is 4.90 Å².